The van der Waals surface area contributed by atoms with Gasteiger partial charge in [0.1, 0.15) is 0 Å². The molecule has 19 heavy (non-hydrogen) atoms. The number of thiazole rings is 1. The minimum absolute atomic E-state index is 0.0791. The number of rotatable bonds is 2. The monoisotopic (exact) mass is 276 g/mol. The van der Waals surface area contributed by atoms with Crippen LogP contribution >= 0.6 is 11.3 Å². The lowest BCUT2D eigenvalue weighted by atomic mass is 9.94. The van der Waals surface area contributed by atoms with Crippen molar-refractivity contribution in [1.82, 2.24) is 20.3 Å². The average Bonchev–Trinajstić information content (AvgIpc) is 2.86. The summed E-state index contributed by atoms with van der Waals surface area (Å²) in [5.41, 5.74) is 0.830. The van der Waals surface area contributed by atoms with Crippen molar-refractivity contribution in [2.45, 2.75) is 25.7 Å². The first kappa shape index (κ1) is 12.5. The van der Waals surface area contributed by atoms with Gasteiger partial charge in [-0.1, -0.05) is 0 Å². The Hall–Kier alpha value is -1.53. The summed E-state index contributed by atoms with van der Waals surface area (Å²) in [6.45, 7) is 3.94. The van der Waals surface area contributed by atoms with Crippen LogP contribution in [0.5, 0.6) is 0 Å². The van der Waals surface area contributed by atoms with E-state index in [2.05, 4.69) is 20.3 Å². The minimum atomic E-state index is -0.0791. The normalized spacial score (nSPS) is 16.7. The molecular weight excluding hydrogens is 260 g/mol. The first-order valence-electron chi connectivity index (χ1n) is 6.47. The van der Waals surface area contributed by atoms with Gasteiger partial charge in [-0.3, -0.25) is 4.79 Å². The van der Waals surface area contributed by atoms with Crippen LogP contribution in [0, 0.1) is 6.92 Å². The van der Waals surface area contributed by atoms with Gasteiger partial charge in [0, 0.05) is 18.2 Å². The van der Waals surface area contributed by atoms with Gasteiger partial charge in [0.15, 0.2) is 5.82 Å². The Morgan fingerprint density at radius 1 is 1.37 bits per heavy atom. The van der Waals surface area contributed by atoms with Crippen LogP contribution in [0.3, 0.4) is 0 Å². The molecule has 0 aliphatic carbocycles. The molecule has 3 rings (SSSR count). The van der Waals surface area contributed by atoms with Gasteiger partial charge in [0.05, 0.1) is 15.6 Å². The Morgan fingerprint density at radius 3 is 2.84 bits per heavy atom. The molecule has 0 bridgehead atoms. The number of aromatic nitrogens is 3. The van der Waals surface area contributed by atoms with Crippen LogP contribution in [0.15, 0.2) is 17.1 Å². The predicted molar refractivity (Wildman–Crippen MR) is 75.5 cm³/mol. The maximum Gasteiger partial charge on any atom is 0.251 e. The van der Waals surface area contributed by atoms with E-state index in [1.54, 1.807) is 23.6 Å². The van der Waals surface area contributed by atoms with E-state index < -0.39 is 0 Å². The average molecular weight is 276 g/mol. The van der Waals surface area contributed by atoms with Gasteiger partial charge in [-0.25, -0.2) is 9.97 Å². The molecule has 0 saturated carbocycles. The van der Waals surface area contributed by atoms with Crippen molar-refractivity contribution >= 4 is 11.3 Å². The molecule has 1 fully saturated rings. The van der Waals surface area contributed by atoms with Crippen LogP contribution in [0.1, 0.15) is 29.5 Å². The molecule has 0 amide bonds. The molecule has 3 heterocycles. The van der Waals surface area contributed by atoms with Crippen LogP contribution < -0.4 is 10.9 Å². The third-order valence-corrected chi connectivity index (χ3v) is 4.29. The molecule has 0 aromatic carbocycles. The maximum atomic E-state index is 11.8. The van der Waals surface area contributed by atoms with Gasteiger partial charge in [-0.2, -0.15) is 0 Å². The fraction of sp³-hybridized carbons (Fsp3) is 0.462. The third-order valence-electron chi connectivity index (χ3n) is 3.37. The summed E-state index contributed by atoms with van der Waals surface area (Å²) in [5, 5.41) is 4.30. The van der Waals surface area contributed by atoms with E-state index in [1.165, 1.54) is 0 Å². The van der Waals surface area contributed by atoms with E-state index in [-0.39, 0.29) is 5.56 Å². The van der Waals surface area contributed by atoms with Crippen molar-refractivity contribution in [2.75, 3.05) is 13.1 Å². The molecule has 0 radical (unpaired) electrons. The van der Waals surface area contributed by atoms with E-state index in [1.807, 2.05) is 6.92 Å². The highest BCUT2D eigenvalue weighted by Gasteiger charge is 2.18. The number of aryl methyl sites for hydroxylation is 1. The number of nitrogens with one attached hydrogen (secondary N) is 2. The lowest BCUT2D eigenvalue weighted by Gasteiger charge is -2.22. The number of aromatic amines is 1. The molecule has 1 saturated heterocycles. The minimum Gasteiger partial charge on any atom is -0.317 e. The van der Waals surface area contributed by atoms with Crippen molar-refractivity contribution in [2.24, 2.45) is 0 Å². The van der Waals surface area contributed by atoms with Crippen molar-refractivity contribution < 1.29 is 0 Å². The Morgan fingerprint density at radius 2 is 2.16 bits per heavy atom. The fourth-order valence-electron chi connectivity index (χ4n) is 2.39. The molecule has 0 atom stereocenters. The van der Waals surface area contributed by atoms with Crippen LogP contribution in [-0.4, -0.2) is 28.0 Å². The SMILES string of the molecule is Cc1ncc(-c2nc(C3CCNCC3)cc(=O)[nH]2)s1. The van der Waals surface area contributed by atoms with Crippen LogP contribution in [0.2, 0.25) is 0 Å². The summed E-state index contributed by atoms with van der Waals surface area (Å²) in [7, 11) is 0. The summed E-state index contributed by atoms with van der Waals surface area (Å²) in [5.74, 6) is 1.03. The number of hydrogen-bond acceptors (Lipinski definition) is 5. The summed E-state index contributed by atoms with van der Waals surface area (Å²) in [4.78, 5) is 24.4. The van der Waals surface area contributed by atoms with Gasteiger partial charge < -0.3 is 10.3 Å². The predicted octanol–water partition coefficient (Wildman–Crippen LogP) is 1.67. The zero-order chi connectivity index (χ0) is 13.2. The van der Waals surface area contributed by atoms with Gasteiger partial charge in [-0.05, 0) is 32.9 Å². The summed E-state index contributed by atoms with van der Waals surface area (Å²) in [6, 6.07) is 1.63. The molecule has 2 aromatic rings. The molecule has 0 spiro atoms. The summed E-state index contributed by atoms with van der Waals surface area (Å²) < 4.78 is 0. The second-order valence-electron chi connectivity index (χ2n) is 4.79. The summed E-state index contributed by atoms with van der Waals surface area (Å²) in [6.07, 6.45) is 3.85. The molecule has 1 aliphatic rings. The van der Waals surface area contributed by atoms with Crippen molar-refractivity contribution in [3.05, 3.63) is 33.3 Å². The van der Waals surface area contributed by atoms with Gasteiger partial charge in [0.25, 0.3) is 5.56 Å². The quantitative estimate of drug-likeness (QED) is 0.875. The lowest BCUT2D eigenvalue weighted by molar-refractivity contribution is 0.453. The van der Waals surface area contributed by atoms with E-state index in [9.17, 15) is 4.79 Å². The maximum absolute atomic E-state index is 11.8. The van der Waals surface area contributed by atoms with Crippen LogP contribution in [0.25, 0.3) is 10.7 Å². The number of piperidine rings is 1. The Kier molecular flexibility index (Phi) is 3.44. The van der Waals surface area contributed by atoms with E-state index in [0.29, 0.717) is 11.7 Å². The Balaban J connectivity index is 1.98. The number of H-pyrrole nitrogens is 1. The standard InChI is InChI=1S/C13H16N4OS/c1-8-15-7-11(19-8)13-16-10(6-12(18)17-13)9-2-4-14-5-3-9/h6-7,9,14H,2-5H2,1H3,(H,16,17,18). The van der Waals surface area contributed by atoms with Crippen LogP contribution in [-0.2, 0) is 0 Å². The molecule has 6 heteroatoms. The first-order valence-corrected chi connectivity index (χ1v) is 7.29. The van der Waals surface area contributed by atoms with Gasteiger partial charge in [-0.15, -0.1) is 11.3 Å². The zero-order valence-corrected chi connectivity index (χ0v) is 11.6. The molecule has 100 valence electrons. The van der Waals surface area contributed by atoms with Crippen molar-refractivity contribution in [3.63, 3.8) is 0 Å². The van der Waals surface area contributed by atoms with E-state index in [4.69, 9.17) is 0 Å². The second kappa shape index (κ2) is 5.22. The van der Waals surface area contributed by atoms with E-state index in [0.717, 1.165) is 41.5 Å². The third kappa shape index (κ3) is 2.74. The molecule has 0 unspecified atom stereocenters. The van der Waals surface area contributed by atoms with Crippen molar-refractivity contribution in [3.8, 4) is 10.7 Å². The number of nitrogens with zero attached hydrogens (tertiary/aromatic N) is 2. The fourth-order valence-corrected chi connectivity index (χ4v) is 3.11. The molecule has 2 aromatic heterocycles. The highest BCUT2D eigenvalue weighted by molar-refractivity contribution is 7.14. The highest BCUT2D eigenvalue weighted by Crippen LogP contribution is 2.26. The van der Waals surface area contributed by atoms with Crippen LogP contribution in [0.4, 0.5) is 0 Å². The molecule has 5 nitrogen and oxygen atoms in total. The van der Waals surface area contributed by atoms with E-state index >= 15 is 0 Å². The zero-order valence-electron chi connectivity index (χ0n) is 10.8. The van der Waals surface area contributed by atoms with Gasteiger partial charge >= 0.3 is 0 Å². The largest absolute Gasteiger partial charge is 0.317 e. The second-order valence-corrected chi connectivity index (χ2v) is 6.02. The topological polar surface area (TPSA) is 70.7 Å². The Labute approximate surface area is 115 Å². The van der Waals surface area contributed by atoms with Gasteiger partial charge in [0.2, 0.25) is 0 Å². The smallest absolute Gasteiger partial charge is 0.251 e. The van der Waals surface area contributed by atoms with Crippen molar-refractivity contribution in [1.29, 1.82) is 0 Å². The summed E-state index contributed by atoms with van der Waals surface area (Å²) >= 11 is 1.55. The lowest BCUT2D eigenvalue weighted by Crippen LogP contribution is -2.27. The Bertz CT molecular complexity index is 628. The molecule has 2 N–H and O–H groups in total. The first-order chi connectivity index (χ1) is 9.22. The molecular formula is C13H16N4OS. The molecule has 1 aliphatic heterocycles. The number of hydrogen-bond donors (Lipinski definition) is 2. The highest BCUT2D eigenvalue weighted by atomic mass is 32.1.